The Hall–Kier alpha value is -2.24. The highest BCUT2D eigenvalue weighted by Gasteiger charge is 2.29. The van der Waals surface area contributed by atoms with Gasteiger partial charge in [-0.25, -0.2) is 4.98 Å². The molecule has 1 saturated heterocycles. The lowest BCUT2D eigenvalue weighted by Gasteiger charge is -2.31. The van der Waals surface area contributed by atoms with E-state index in [2.05, 4.69) is 10.3 Å². The van der Waals surface area contributed by atoms with Crippen molar-refractivity contribution in [3.8, 4) is 0 Å². The molecular weight excluding hydrogens is 292 g/mol. The van der Waals surface area contributed by atoms with Crippen molar-refractivity contribution in [1.29, 1.82) is 0 Å². The van der Waals surface area contributed by atoms with Crippen molar-refractivity contribution >= 4 is 22.9 Å². The van der Waals surface area contributed by atoms with Crippen molar-refractivity contribution in [3.05, 3.63) is 48.2 Å². The number of nitrogens with zero attached hydrogens (tertiary/aromatic N) is 1. The second kappa shape index (κ2) is 6.89. The summed E-state index contributed by atoms with van der Waals surface area (Å²) in [6.07, 6.45) is 4.21. The van der Waals surface area contributed by atoms with Crippen LogP contribution in [0.4, 0.5) is 0 Å². The maximum atomic E-state index is 11.9. The van der Waals surface area contributed by atoms with Crippen LogP contribution in [0.2, 0.25) is 0 Å². The quantitative estimate of drug-likeness (QED) is 0.846. The first-order chi connectivity index (χ1) is 11.1. The molecule has 23 heavy (non-hydrogen) atoms. The Balaban J connectivity index is 1.58. The minimum Gasteiger partial charge on any atom is -0.388 e. The van der Waals surface area contributed by atoms with Crippen LogP contribution in [0.25, 0.3) is 17.0 Å². The van der Waals surface area contributed by atoms with E-state index in [-0.39, 0.29) is 12.5 Å². The summed E-state index contributed by atoms with van der Waals surface area (Å²) in [5.74, 6) is -0.236. The number of aliphatic hydroxyl groups is 1. The number of pyridine rings is 1. The number of hydrogen-bond donors (Lipinski definition) is 2. The number of nitrogens with one attached hydrogen (secondary N) is 1. The molecule has 2 aromatic rings. The Morgan fingerprint density at radius 1 is 1.26 bits per heavy atom. The molecule has 1 aromatic carbocycles. The normalized spacial score (nSPS) is 17.4. The molecule has 0 unspecified atom stereocenters. The van der Waals surface area contributed by atoms with Gasteiger partial charge in [-0.15, -0.1) is 0 Å². The number of ether oxygens (including phenoxy) is 1. The largest absolute Gasteiger partial charge is 0.388 e. The highest BCUT2D eigenvalue weighted by atomic mass is 16.5. The third-order valence-electron chi connectivity index (χ3n) is 4.04. The van der Waals surface area contributed by atoms with Crippen molar-refractivity contribution < 1.29 is 14.6 Å². The average Bonchev–Trinajstić information content (AvgIpc) is 2.59. The molecule has 1 amide bonds. The number of carbonyl (C=O) groups excluding carboxylic acids is 1. The summed E-state index contributed by atoms with van der Waals surface area (Å²) in [4.78, 5) is 16.4. The highest BCUT2D eigenvalue weighted by Crippen LogP contribution is 2.19. The molecule has 120 valence electrons. The lowest BCUT2D eigenvalue weighted by molar-refractivity contribution is -0.119. The number of amides is 1. The van der Waals surface area contributed by atoms with Crippen LogP contribution in [0.3, 0.4) is 0 Å². The van der Waals surface area contributed by atoms with Crippen LogP contribution in [-0.2, 0) is 9.53 Å². The van der Waals surface area contributed by atoms with Gasteiger partial charge >= 0.3 is 0 Å². The fourth-order valence-electron chi connectivity index (χ4n) is 2.57. The van der Waals surface area contributed by atoms with Gasteiger partial charge in [0.25, 0.3) is 0 Å². The molecule has 0 bridgehead atoms. The first kappa shape index (κ1) is 15.6. The van der Waals surface area contributed by atoms with Gasteiger partial charge in [-0.1, -0.05) is 24.3 Å². The van der Waals surface area contributed by atoms with Gasteiger partial charge in [-0.2, -0.15) is 0 Å². The maximum Gasteiger partial charge on any atom is 0.244 e. The molecule has 1 aromatic heterocycles. The van der Waals surface area contributed by atoms with Gasteiger partial charge in [0.1, 0.15) is 0 Å². The molecule has 1 aliphatic heterocycles. The number of carbonyl (C=O) groups is 1. The molecule has 5 heteroatoms. The zero-order valence-electron chi connectivity index (χ0n) is 12.9. The van der Waals surface area contributed by atoms with E-state index in [0.29, 0.717) is 26.1 Å². The fourth-order valence-corrected chi connectivity index (χ4v) is 2.57. The van der Waals surface area contributed by atoms with Crippen LogP contribution < -0.4 is 5.32 Å². The molecule has 2 N–H and O–H groups in total. The van der Waals surface area contributed by atoms with Crippen LogP contribution in [-0.4, -0.2) is 41.4 Å². The number of fused-ring (bicyclic) bond motifs is 1. The number of hydrogen-bond acceptors (Lipinski definition) is 4. The van der Waals surface area contributed by atoms with Crippen LogP contribution >= 0.6 is 0 Å². The van der Waals surface area contributed by atoms with E-state index >= 15 is 0 Å². The maximum absolute atomic E-state index is 11.9. The fraction of sp³-hybridized carbons (Fsp3) is 0.333. The van der Waals surface area contributed by atoms with Gasteiger partial charge in [-0.05, 0) is 18.2 Å². The predicted molar refractivity (Wildman–Crippen MR) is 88.8 cm³/mol. The topological polar surface area (TPSA) is 71.5 Å². The molecule has 2 heterocycles. The van der Waals surface area contributed by atoms with Crippen molar-refractivity contribution in [2.45, 2.75) is 18.4 Å². The second-order valence-corrected chi connectivity index (χ2v) is 5.82. The Bertz CT molecular complexity index is 721. The molecule has 0 radical (unpaired) electrons. The Kier molecular flexibility index (Phi) is 4.69. The summed E-state index contributed by atoms with van der Waals surface area (Å²) in [7, 11) is 0. The first-order valence-electron chi connectivity index (χ1n) is 7.77. The molecule has 0 spiro atoms. The molecule has 3 rings (SSSR count). The Labute approximate surface area is 135 Å². The van der Waals surface area contributed by atoms with E-state index in [4.69, 9.17) is 4.74 Å². The third kappa shape index (κ3) is 4.15. The summed E-state index contributed by atoms with van der Waals surface area (Å²) < 4.78 is 5.22. The number of para-hydroxylation sites is 1. The highest BCUT2D eigenvalue weighted by molar-refractivity contribution is 5.92. The van der Waals surface area contributed by atoms with E-state index < -0.39 is 5.60 Å². The lowest BCUT2D eigenvalue weighted by atomic mass is 9.94. The molecule has 0 atom stereocenters. The van der Waals surface area contributed by atoms with Gasteiger partial charge in [0, 0.05) is 44.1 Å². The Morgan fingerprint density at radius 3 is 2.87 bits per heavy atom. The Morgan fingerprint density at radius 2 is 2.04 bits per heavy atom. The van der Waals surface area contributed by atoms with Crippen molar-refractivity contribution in [2.24, 2.45) is 0 Å². The van der Waals surface area contributed by atoms with Gasteiger partial charge in [0.2, 0.25) is 5.91 Å². The molecular formula is C18H20N2O3. The standard InChI is InChI=1S/C18H20N2O3/c21-17(19-13-18(22)9-11-23-12-10-18)8-7-15-6-5-14-3-1-2-4-16(14)20-15/h1-8,22H,9-13H2,(H,19,21). The van der Waals surface area contributed by atoms with Gasteiger partial charge in [0.15, 0.2) is 0 Å². The van der Waals surface area contributed by atoms with Crippen LogP contribution in [0.5, 0.6) is 0 Å². The summed E-state index contributed by atoms with van der Waals surface area (Å²) in [6.45, 7) is 1.30. The molecule has 0 saturated carbocycles. The summed E-state index contributed by atoms with van der Waals surface area (Å²) in [5.41, 5.74) is 0.762. The zero-order chi connectivity index (χ0) is 16.1. The average molecular weight is 312 g/mol. The van der Waals surface area contributed by atoms with Crippen molar-refractivity contribution in [3.63, 3.8) is 0 Å². The van der Waals surface area contributed by atoms with E-state index in [1.165, 1.54) is 6.08 Å². The molecule has 0 aliphatic carbocycles. The van der Waals surface area contributed by atoms with Crippen LogP contribution in [0.1, 0.15) is 18.5 Å². The molecule has 1 fully saturated rings. The SMILES string of the molecule is O=C(C=Cc1ccc2ccccc2n1)NCC1(O)CCOCC1. The lowest BCUT2D eigenvalue weighted by Crippen LogP contribution is -2.46. The second-order valence-electron chi connectivity index (χ2n) is 5.82. The van der Waals surface area contributed by atoms with Gasteiger partial charge in [0.05, 0.1) is 16.8 Å². The van der Waals surface area contributed by atoms with Crippen molar-refractivity contribution in [1.82, 2.24) is 10.3 Å². The van der Waals surface area contributed by atoms with Gasteiger partial charge < -0.3 is 15.2 Å². The monoisotopic (exact) mass is 312 g/mol. The first-order valence-corrected chi connectivity index (χ1v) is 7.77. The van der Waals surface area contributed by atoms with Crippen LogP contribution in [0, 0.1) is 0 Å². The molecule has 1 aliphatic rings. The van der Waals surface area contributed by atoms with E-state index in [1.54, 1.807) is 6.08 Å². The summed E-state index contributed by atoms with van der Waals surface area (Å²) >= 11 is 0. The summed E-state index contributed by atoms with van der Waals surface area (Å²) in [5, 5.41) is 14.1. The molecule has 5 nitrogen and oxygen atoms in total. The summed E-state index contributed by atoms with van der Waals surface area (Å²) in [6, 6.07) is 11.7. The smallest absolute Gasteiger partial charge is 0.244 e. The van der Waals surface area contributed by atoms with E-state index in [1.807, 2.05) is 36.4 Å². The van der Waals surface area contributed by atoms with Crippen molar-refractivity contribution in [2.75, 3.05) is 19.8 Å². The van der Waals surface area contributed by atoms with Gasteiger partial charge in [-0.3, -0.25) is 4.79 Å². The predicted octanol–water partition coefficient (Wildman–Crippen LogP) is 1.91. The minimum absolute atomic E-state index is 0.236. The van der Waals surface area contributed by atoms with Crippen LogP contribution in [0.15, 0.2) is 42.5 Å². The van der Waals surface area contributed by atoms with E-state index in [9.17, 15) is 9.90 Å². The minimum atomic E-state index is -0.858. The number of aromatic nitrogens is 1. The number of rotatable bonds is 4. The number of benzene rings is 1. The van der Waals surface area contributed by atoms with E-state index in [0.717, 1.165) is 16.6 Å². The third-order valence-corrected chi connectivity index (χ3v) is 4.04. The zero-order valence-corrected chi connectivity index (χ0v) is 12.9.